The van der Waals surface area contributed by atoms with Gasteiger partial charge in [0.25, 0.3) is 0 Å². The van der Waals surface area contributed by atoms with Crippen LogP contribution in [0.4, 0.5) is 5.69 Å². The van der Waals surface area contributed by atoms with E-state index in [9.17, 15) is 0 Å². The highest BCUT2D eigenvalue weighted by atomic mass is 32.1. The van der Waals surface area contributed by atoms with Gasteiger partial charge < -0.3 is 16.2 Å². The predicted molar refractivity (Wildman–Crippen MR) is 193 cm³/mol. The molecule has 7 aromatic rings. The fraction of sp³-hybridized carbons (Fsp3) is 0.0526. The number of fused-ring (bicyclic) bond motifs is 6. The van der Waals surface area contributed by atoms with Crippen molar-refractivity contribution in [1.29, 1.82) is 0 Å². The molecule has 4 N–H and O–H groups in total. The number of allylic oxidation sites excluding steroid dienone is 6. The number of hydrogen-bond acceptors (Lipinski definition) is 4. The number of ether oxygens (including phenoxy) is 1. The topological polar surface area (TPSA) is 70.1 Å². The Morgan fingerprint density at radius 2 is 1.52 bits per heavy atom. The summed E-state index contributed by atoms with van der Waals surface area (Å²) in [4.78, 5) is 0. The number of nitrogen functional groups attached to an aromatic ring is 1. The van der Waals surface area contributed by atoms with Crippen LogP contribution in [-0.2, 0) is 4.74 Å². The van der Waals surface area contributed by atoms with Crippen molar-refractivity contribution >= 4 is 89.3 Å². The Labute approximate surface area is 259 Å². The third-order valence-electron chi connectivity index (χ3n) is 7.80. The first-order valence-corrected chi connectivity index (χ1v) is 15.2. The first kappa shape index (κ1) is 28.6. The number of aromatic nitrogens is 2. The highest BCUT2D eigenvalue weighted by Crippen LogP contribution is 2.36. The summed E-state index contributed by atoms with van der Waals surface area (Å²) < 4.78 is 11.4. The molecule has 2 bridgehead atoms. The summed E-state index contributed by atoms with van der Waals surface area (Å²) in [5, 5.41) is 8.67. The number of nitrogens with two attached hydrogens (primary N) is 2. The van der Waals surface area contributed by atoms with Crippen molar-refractivity contribution in [3.05, 3.63) is 132 Å². The molecule has 0 spiro atoms. The van der Waals surface area contributed by atoms with Gasteiger partial charge in [0.2, 0.25) is 0 Å². The summed E-state index contributed by atoms with van der Waals surface area (Å²) in [6, 6.07) is 19.0. The average molecular weight is 595 g/mol. The van der Waals surface area contributed by atoms with Crippen LogP contribution in [0.25, 0.3) is 72.2 Å². The summed E-state index contributed by atoms with van der Waals surface area (Å²) in [7, 11) is 0. The van der Waals surface area contributed by atoms with Gasteiger partial charge in [0.15, 0.2) is 5.48 Å². The van der Waals surface area contributed by atoms with Crippen LogP contribution in [0.15, 0.2) is 116 Å². The summed E-state index contributed by atoms with van der Waals surface area (Å²) in [5.41, 5.74) is 20.1. The molecule has 5 nitrogen and oxygen atoms in total. The molecule has 44 heavy (non-hydrogen) atoms. The largest absolute Gasteiger partial charge is 0.469 e. The van der Waals surface area contributed by atoms with E-state index in [-0.39, 0.29) is 0 Å². The molecule has 218 valence electrons. The van der Waals surface area contributed by atoms with Crippen LogP contribution in [0, 0.1) is 0 Å². The van der Waals surface area contributed by atoms with Crippen LogP contribution in [0.1, 0.15) is 19.4 Å². The van der Waals surface area contributed by atoms with E-state index in [0.717, 1.165) is 70.0 Å². The van der Waals surface area contributed by atoms with E-state index in [2.05, 4.69) is 76.4 Å². The molecule has 4 aromatic heterocycles. The maximum absolute atomic E-state index is 6.50. The highest BCUT2D eigenvalue weighted by Gasteiger charge is 2.19. The minimum Gasteiger partial charge on any atom is -0.469 e. The quantitative estimate of drug-likeness (QED) is 0.119. The van der Waals surface area contributed by atoms with E-state index in [1.54, 1.807) is 23.7 Å². The third-order valence-corrected chi connectivity index (χ3v) is 8.67. The zero-order valence-corrected chi connectivity index (χ0v) is 25.7. The Hall–Kier alpha value is -5.46. The molecule has 0 atom stereocenters. The van der Waals surface area contributed by atoms with Crippen molar-refractivity contribution in [3.63, 3.8) is 0 Å². The third kappa shape index (κ3) is 4.48. The second-order valence-electron chi connectivity index (χ2n) is 10.4. The molecule has 0 unspecified atom stereocenters. The lowest BCUT2D eigenvalue weighted by Crippen LogP contribution is -2.20. The number of anilines is 1. The molecule has 0 amide bonds. The SMILES string of the molecule is C=C/C=C\C.C=CO/C=c1\n2c3cc(N)ccc3c3ccsc4ccc5c6ccc(/C(N)=C/C=C\C)cc6n1c5c4c(=C)c32. The minimum atomic E-state index is 0.686. The van der Waals surface area contributed by atoms with Crippen LogP contribution >= 0.6 is 11.3 Å². The van der Waals surface area contributed by atoms with Gasteiger partial charge >= 0.3 is 0 Å². The summed E-state index contributed by atoms with van der Waals surface area (Å²) in [6.45, 7) is 15.9. The fourth-order valence-corrected chi connectivity index (χ4v) is 6.80. The molecule has 3 aromatic carbocycles. The standard InChI is InChI=1S/C33H26N4OS.C5H8/c1-4-6-7-26(35)20-8-10-22-24-12-13-29-31-19(3)32-25(14-15-39-29)23-11-9-21(34)17-28(23)36(32)30(18-38-5-2)37(33(24)31)27(22)16-20;1-3-5-4-2/h4-18H,2-3,34-35H2,1H3;3-5H,1H2,2H3/b6-4-,15-14?,26-7-,30-18+;5-4-. The first-order valence-electron chi connectivity index (χ1n) is 14.3. The van der Waals surface area contributed by atoms with Crippen molar-refractivity contribution in [3.8, 4) is 0 Å². The van der Waals surface area contributed by atoms with E-state index in [1.165, 1.54) is 6.26 Å². The van der Waals surface area contributed by atoms with E-state index in [0.29, 0.717) is 11.4 Å². The molecule has 0 saturated heterocycles. The van der Waals surface area contributed by atoms with Gasteiger partial charge in [-0.3, -0.25) is 8.80 Å². The number of rotatable bonds is 5. The van der Waals surface area contributed by atoms with Crippen LogP contribution in [0.3, 0.4) is 0 Å². The molecule has 0 aliphatic rings. The molecule has 0 saturated carbocycles. The van der Waals surface area contributed by atoms with Gasteiger partial charge in [-0.25, -0.2) is 0 Å². The van der Waals surface area contributed by atoms with E-state index in [1.807, 2.05) is 56.4 Å². The Morgan fingerprint density at radius 1 is 0.841 bits per heavy atom. The van der Waals surface area contributed by atoms with Crippen molar-refractivity contribution < 1.29 is 4.74 Å². The fourth-order valence-electron chi connectivity index (χ4n) is 5.97. The Balaban J connectivity index is 0.000000637. The maximum atomic E-state index is 6.50. The molecule has 0 radical (unpaired) electrons. The van der Waals surface area contributed by atoms with Gasteiger partial charge in [-0.05, 0) is 61.2 Å². The zero-order chi connectivity index (χ0) is 31.0. The summed E-state index contributed by atoms with van der Waals surface area (Å²) in [5.74, 6) is 0. The lowest BCUT2D eigenvalue weighted by Gasteiger charge is -2.05. The van der Waals surface area contributed by atoms with Gasteiger partial charge in [-0.1, -0.05) is 74.4 Å². The molecule has 0 aliphatic heterocycles. The van der Waals surface area contributed by atoms with Crippen LogP contribution in [-0.4, -0.2) is 8.80 Å². The molecule has 0 fully saturated rings. The average Bonchev–Trinajstić information content (AvgIpc) is 3.47. The van der Waals surface area contributed by atoms with Crippen molar-refractivity contribution in [2.45, 2.75) is 13.8 Å². The van der Waals surface area contributed by atoms with Crippen molar-refractivity contribution in [1.82, 2.24) is 8.80 Å². The van der Waals surface area contributed by atoms with E-state index in [4.69, 9.17) is 16.2 Å². The van der Waals surface area contributed by atoms with E-state index < -0.39 is 0 Å². The van der Waals surface area contributed by atoms with E-state index >= 15 is 0 Å². The second-order valence-corrected chi connectivity index (χ2v) is 11.3. The molecule has 7 rings (SSSR count). The normalized spacial score (nSPS) is 12.9. The highest BCUT2D eigenvalue weighted by molar-refractivity contribution is 7.16. The van der Waals surface area contributed by atoms with Gasteiger partial charge in [0, 0.05) is 48.2 Å². The van der Waals surface area contributed by atoms with Gasteiger partial charge in [0.1, 0.15) is 6.26 Å². The molecule has 0 aliphatic carbocycles. The second kappa shape index (κ2) is 11.7. The smallest absolute Gasteiger partial charge is 0.159 e. The van der Waals surface area contributed by atoms with Gasteiger partial charge in [-0.15, -0.1) is 11.3 Å². The van der Waals surface area contributed by atoms with Crippen molar-refractivity contribution in [2.75, 3.05) is 5.73 Å². The Morgan fingerprint density at radius 3 is 2.23 bits per heavy atom. The van der Waals surface area contributed by atoms with Gasteiger partial charge in [-0.2, -0.15) is 0 Å². The zero-order valence-electron chi connectivity index (χ0n) is 24.9. The summed E-state index contributed by atoms with van der Waals surface area (Å²) in [6.07, 6.45) is 14.6. The lowest BCUT2D eigenvalue weighted by molar-refractivity contribution is 0.458. The van der Waals surface area contributed by atoms with Crippen molar-refractivity contribution in [2.24, 2.45) is 5.73 Å². The Bertz CT molecular complexity index is 2470. The minimum absolute atomic E-state index is 0.686. The maximum Gasteiger partial charge on any atom is 0.159 e. The predicted octanol–water partition coefficient (Wildman–Crippen LogP) is 8.38. The number of nitrogens with zero attached hydrogens (tertiary/aromatic N) is 2. The van der Waals surface area contributed by atoms with Crippen LogP contribution in [0.2, 0.25) is 0 Å². The number of benzene rings is 3. The lowest BCUT2D eigenvalue weighted by atomic mass is 10.1. The Kier molecular flexibility index (Phi) is 7.60. The number of hydrogen-bond donors (Lipinski definition) is 2. The monoisotopic (exact) mass is 594 g/mol. The molecular formula is C38H34N4OS. The van der Waals surface area contributed by atoms with Crippen LogP contribution in [0.5, 0.6) is 0 Å². The molecular weight excluding hydrogens is 561 g/mol. The van der Waals surface area contributed by atoms with Crippen LogP contribution < -0.4 is 22.2 Å². The summed E-state index contributed by atoms with van der Waals surface area (Å²) >= 11 is 1.71. The molecule has 6 heteroatoms. The van der Waals surface area contributed by atoms with Gasteiger partial charge in [0.05, 0.1) is 28.3 Å². The first-order chi connectivity index (χ1) is 21.4. The molecule has 4 heterocycles.